The summed E-state index contributed by atoms with van der Waals surface area (Å²) < 4.78 is 9.85. The van der Waals surface area contributed by atoms with E-state index in [9.17, 15) is 14.7 Å². The average Bonchev–Trinajstić information content (AvgIpc) is 2.36. The molecule has 0 aromatic heterocycles. The van der Waals surface area contributed by atoms with E-state index in [1.807, 2.05) is 0 Å². The third kappa shape index (κ3) is 4.64. The van der Waals surface area contributed by atoms with Crippen molar-refractivity contribution in [1.29, 1.82) is 0 Å². The third-order valence-electron chi connectivity index (χ3n) is 2.34. The van der Waals surface area contributed by atoms with Crippen LogP contribution in [0.15, 0.2) is 18.2 Å². The number of aliphatic hydroxyl groups is 1. The number of aldehydes is 1. The van der Waals surface area contributed by atoms with Crippen LogP contribution >= 0.6 is 0 Å². The van der Waals surface area contributed by atoms with E-state index in [4.69, 9.17) is 4.74 Å². The molecule has 110 valence electrons. The SMILES string of the molecule is COC(=O)c1ccc(NC(O)OC(C)(C)C)c(C=O)c1. The van der Waals surface area contributed by atoms with E-state index in [1.165, 1.54) is 25.3 Å². The maximum absolute atomic E-state index is 11.4. The van der Waals surface area contributed by atoms with E-state index >= 15 is 0 Å². The second kappa shape index (κ2) is 6.49. The number of benzene rings is 1. The van der Waals surface area contributed by atoms with Crippen molar-refractivity contribution in [2.45, 2.75) is 32.8 Å². The number of ether oxygens (including phenoxy) is 2. The summed E-state index contributed by atoms with van der Waals surface area (Å²) in [5, 5.41) is 12.4. The molecule has 1 aromatic carbocycles. The van der Waals surface area contributed by atoms with Gasteiger partial charge < -0.3 is 19.9 Å². The van der Waals surface area contributed by atoms with Crippen molar-refractivity contribution in [3.05, 3.63) is 29.3 Å². The summed E-state index contributed by atoms with van der Waals surface area (Å²) in [6.07, 6.45) is -0.684. The van der Waals surface area contributed by atoms with Crippen LogP contribution in [0.3, 0.4) is 0 Å². The minimum Gasteiger partial charge on any atom is -0.465 e. The van der Waals surface area contributed by atoms with Gasteiger partial charge in [0.15, 0.2) is 6.29 Å². The first-order chi connectivity index (χ1) is 9.26. The molecule has 0 aliphatic rings. The molecule has 0 amide bonds. The number of hydrogen-bond acceptors (Lipinski definition) is 6. The van der Waals surface area contributed by atoms with E-state index < -0.39 is 18.0 Å². The molecule has 1 aromatic rings. The van der Waals surface area contributed by atoms with Gasteiger partial charge in [0.05, 0.1) is 18.3 Å². The zero-order chi connectivity index (χ0) is 15.3. The number of rotatable bonds is 5. The van der Waals surface area contributed by atoms with Gasteiger partial charge in [-0.3, -0.25) is 4.79 Å². The van der Waals surface area contributed by atoms with Crippen molar-refractivity contribution in [1.82, 2.24) is 0 Å². The standard InChI is InChI=1S/C14H19NO5/c1-14(2,3)20-13(18)15-11-6-5-9(12(17)19-4)7-10(11)8-16/h5-8,13,15,18H,1-4H3. The molecule has 0 radical (unpaired) electrons. The van der Waals surface area contributed by atoms with Gasteiger partial charge in [-0.05, 0) is 39.0 Å². The van der Waals surface area contributed by atoms with Crippen LogP contribution in [0.5, 0.6) is 0 Å². The highest BCUT2D eigenvalue weighted by atomic mass is 16.6. The van der Waals surface area contributed by atoms with Crippen molar-refractivity contribution in [2.24, 2.45) is 0 Å². The molecule has 1 atom stereocenters. The topological polar surface area (TPSA) is 84.9 Å². The van der Waals surface area contributed by atoms with Crippen LogP contribution in [0.25, 0.3) is 0 Å². The number of carbonyl (C=O) groups excluding carboxylic acids is 2. The zero-order valence-corrected chi connectivity index (χ0v) is 12.0. The molecule has 0 saturated heterocycles. The quantitative estimate of drug-likeness (QED) is 0.486. The second-order valence-electron chi connectivity index (χ2n) is 5.14. The number of esters is 1. The summed E-state index contributed by atoms with van der Waals surface area (Å²) in [6, 6.07) is 4.38. The molecular formula is C14H19NO5. The smallest absolute Gasteiger partial charge is 0.337 e. The van der Waals surface area contributed by atoms with Crippen molar-refractivity contribution in [3.63, 3.8) is 0 Å². The first kappa shape index (κ1) is 16.1. The molecule has 0 saturated carbocycles. The van der Waals surface area contributed by atoms with Crippen molar-refractivity contribution >= 4 is 17.9 Å². The number of nitrogens with one attached hydrogen (secondary N) is 1. The zero-order valence-electron chi connectivity index (χ0n) is 12.0. The molecule has 0 spiro atoms. The predicted molar refractivity (Wildman–Crippen MR) is 73.6 cm³/mol. The van der Waals surface area contributed by atoms with Gasteiger partial charge in [0.2, 0.25) is 6.41 Å². The largest absolute Gasteiger partial charge is 0.465 e. The lowest BCUT2D eigenvalue weighted by Gasteiger charge is -2.25. The van der Waals surface area contributed by atoms with Crippen molar-refractivity contribution in [3.8, 4) is 0 Å². The molecule has 6 nitrogen and oxygen atoms in total. The Morgan fingerprint density at radius 1 is 1.40 bits per heavy atom. The van der Waals surface area contributed by atoms with Crippen LogP contribution in [0.1, 0.15) is 41.5 Å². The van der Waals surface area contributed by atoms with Crippen molar-refractivity contribution < 1.29 is 24.2 Å². The van der Waals surface area contributed by atoms with Gasteiger partial charge in [0.25, 0.3) is 0 Å². The highest BCUT2D eigenvalue weighted by Gasteiger charge is 2.18. The van der Waals surface area contributed by atoms with Gasteiger partial charge in [-0.2, -0.15) is 0 Å². The maximum atomic E-state index is 11.4. The summed E-state index contributed by atoms with van der Waals surface area (Å²) in [7, 11) is 1.26. The molecule has 20 heavy (non-hydrogen) atoms. The van der Waals surface area contributed by atoms with Gasteiger partial charge in [-0.1, -0.05) is 0 Å². The van der Waals surface area contributed by atoms with Crippen LogP contribution in [-0.2, 0) is 9.47 Å². The first-order valence-electron chi connectivity index (χ1n) is 6.07. The lowest BCUT2D eigenvalue weighted by molar-refractivity contribution is -0.148. The molecule has 0 aliphatic carbocycles. The maximum Gasteiger partial charge on any atom is 0.337 e. The normalized spacial score (nSPS) is 12.7. The molecule has 0 aliphatic heterocycles. The molecule has 0 fully saturated rings. The lowest BCUT2D eigenvalue weighted by Crippen LogP contribution is -2.32. The highest BCUT2D eigenvalue weighted by molar-refractivity contribution is 5.94. The summed E-state index contributed by atoms with van der Waals surface area (Å²) in [4.78, 5) is 22.4. The van der Waals surface area contributed by atoms with E-state index in [0.717, 1.165) is 0 Å². The van der Waals surface area contributed by atoms with Crippen LogP contribution in [0.2, 0.25) is 0 Å². The van der Waals surface area contributed by atoms with Crippen molar-refractivity contribution in [2.75, 3.05) is 12.4 Å². The summed E-state index contributed by atoms with van der Waals surface area (Å²) >= 11 is 0. The summed E-state index contributed by atoms with van der Waals surface area (Å²) in [5.74, 6) is -0.536. The molecule has 1 unspecified atom stereocenters. The Kier molecular flexibility index (Phi) is 5.24. The van der Waals surface area contributed by atoms with Gasteiger partial charge in [-0.15, -0.1) is 0 Å². The number of hydrogen-bond donors (Lipinski definition) is 2. The Labute approximate surface area is 117 Å². The summed E-state index contributed by atoms with van der Waals surface area (Å²) in [6.45, 7) is 5.37. The minimum absolute atomic E-state index is 0.226. The Morgan fingerprint density at radius 2 is 2.05 bits per heavy atom. The first-order valence-corrected chi connectivity index (χ1v) is 6.07. The molecule has 0 heterocycles. The predicted octanol–water partition coefficient (Wildman–Crippen LogP) is 1.79. The fourth-order valence-corrected chi connectivity index (χ4v) is 1.53. The van der Waals surface area contributed by atoms with Gasteiger partial charge in [0, 0.05) is 11.3 Å². The van der Waals surface area contributed by atoms with Gasteiger partial charge >= 0.3 is 5.97 Å². The van der Waals surface area contributed by atoms with E-state index in [-0.39, 0.29) is 11.1 Å². The molecule has 1 rings (SSSR count). The Morgan fingerprint density at radius 3 is 2.55 bits per heavy atom. The number of aliphatic hydroxyl groups excluding tert-OH is 1. The van der Waals surface area contributed by atoms with Crippen LogP contribution in [0, 0.1) is 0 Å². The number of anilines is 1. The minimum atomic E-state index is -1.27. The molecule has 2 N–H and O–H groups in total. The van der Waals surface area contributed by atoms with E-state index in [2.05, 4.69) is 10.1 Å². The van der Waals surface area contributed by atoms with E-state index in [0.29, 0.717) is 12.0 Å². The molecule has 6 heteroatoms. The Balaban J connectivity index is 2.91. The second-order valence-corrected chi connectivity index (χ2v) is 5.14. The molecular weight excluding hydrogens is 262 g/mol. The van der Waals surface area contributed by atoms with Crippen LogP contribution < -0.4 is 5.32 Å². The van der Waals surface area contributed by atoms with Gasteiger partial charge in [0.1, 0.15) is 0 Å². The monoisotopic (exact) mass is 281 g/mol. The fourth-order valence-electron chi connectivity index (χ4n) is 1.53. The summed E-state index contributed by atoms with van der Waals surface area (Å²) in [5.41, 5.74) is 0.305. The van der Waals surface area contributed by atoms with E-state index in [1.54, 1.807) is 20.8 Å². The van der Waals surface area contributed by atoms with Crippen LogP contribution in [-0.4, -0.2) is 36.5 Å². The number of methoxy groups -OCH3 is 1. The van der Waals surface area contributed by atoms with Gasteiger partial charge in [-0.25, -0.2) is 4.79 Å². The third-order valence-corrected chi connectivity index (χ3v) is 2.34. The molecule has 0 bridgehead atoms. The lowest BCUT2D eigenvalue weighted by atomic mass is 10.1. The highest BCUT2D eigenvalue weighted by Crippen LogP contribution is 2.19. The average molecular weight is 281 g/mol. The fraction of sp³-hybridized carbons (Fsp3) is 0.429. The van der Waals surface area contributed by atoms with Crippen LogP contribution in [0.4, 0.5) is 5.69 Å². The Hall–Kier alpha value is -1.92. The Bertz CT molecular complexity index is 493. The number of carbonyl (C=O) groups is 2.